The van der Waals surface area contributed by atoms with Crippen molar-refractivity contribution < 1.29 is 37.2 Å². The maximum absolute atomic E-state index is 12.9. The summed E-state index contributed by atoms with van der Waals surface area (Å²) in [5.74, 6) is -1.60. The van der Waals surface area contributed by atoms with Gasteiger partial charge in [0.1, 0.15) is 18.0 Å². The quantitative estimate of drug-likeness (QED) is 0.182. The number of alkyl halides is 3. The maximum Gasteiger partial charge on any atom is 0.416 e. The normalized spacial score (nSPS) is 14.4. The molecule has 200 valence electrons. The van der Waals surface area contributed by atoms with E-state index in [9.17, 15) is 37.7 Å². The van der Waals surface area contributed by atoms with Gasteiger partial charge in [-0.15, -0.1) is 0 Å². The van der Waals surface area contributed by atoms with Gasteiger partial charge in [0.15, 0.2) is 0 Å². The lowest BCUT2D eigenvalue weighted by molar-refractivity contribution is -0.385. The number of hydrogen-bond acceptors (Lipinski definition) is 6. The summed E-state index contributed by atoms with van der Waals surface area (Å²) >= 11 is 0. The molecule has 4 rings (SSSR count). The second-order valence-electron chi connectivity index (χ2n) is 8.40. The average Bonchev–Trinajstić information content (AvgIpc) is 3.13. The van der Waals surface area contributed by atoms with Crippen molar-refractivity contribution in [2.24, 2.45) is 0 Å². The highest BCUT2D eigenvalue weighted by Gasteiger charge is 2.35. The highest BCUT2D eigenvalue weighted by Crippen LogP contribution is 2.37. The molecular formula is C26H19F3N4O6. The highest BCUT2D eigenvalue weighted by atomic mass is 19.4. The van der Waals surface area contributed by atoms with E-state index in [2.05, 4.69) is 10.6 Å². The van der Waals surface area contributed by atoms with Gasteiger partial charge in [0.05, 0.1) is 10.5 Å². The molecule has 0 unspecified atom stereocenters. The molecule has 1 fully saturated rings. The van der Waals surface area contributed by atoms with E-state index >= 15 is 0 Å². The highest BCUT2D eigenvalue weighted by molar-refractivity contribution is 6.15. The molecule has 10 nitrogen and oxygen atoms in total. The molecule has 0 bridgehead atoms. The minimum Gasteiger partial charge on any atom is -0.450 e. The van der Waals surface area contributed by atoms with Gasteiger partial charge in [0.2, 0.25) is 11.7 Å². The molecule has 1 heterocycles. The number of nitrogens with zero attached hydrogens (tertiary/aromatic N) is 2. The molecule has 0 spiro atoms. The predicted molar refractivity (Wildman–Crippen MR) is 133 cm³/mol. The first kappa shape index (κ1) is 26.9. The van der Waals surface area contributed by atoms with Crippen LogP contribution < -0.4 is 15.4 Å². The van der Waals surface area contributed by atoms with E-state index in [1.807, 2.05) is 6.92 Å². The molecule has 3 aromatic carbocycles. The first-order valence-corrected chi connectivity index (χ1v) is 11.3. The van der Waals surface area contributed by atoms with Crippen LogP contribution in [0.2, 0.25) is 0 Å². The van der Waals surface area contributed by atoms with E-state index in [1.54, 1.807) is 24.3 Å². The molecule has 0 saturated carbocycles. The van der Waals surface area contributed by atoms with Crippen LogP contribution >= 0.6 is 0 Å². The molecule has 3 aromatic rings. The van der Waals surface area contributed by atoms with Gasteiger partial charge in [-0.1, -0.05) is 29.8 Å². The third-order valence-corrected chi connectivity index (χ3v) is 5.50. The van der Waals surface area contributed by atoms with Crippen molar-refractivity contribution in [3.8, 4) is 11.5 Å². The summed E-state index contributed by atoms with van der Waals surface area (Å²) in [5, 5.41) is 16.2. The van der Waals surface area contributed by atoms with E-state index in [1.165, 1.54) is 30.3 Å². The molecule has 2 N–H and O–H groups in total. The lowest BCUT2D eigenvalue weighted by Gasteiger charge is -2.12. The number of ether oxygens (including phenoxy) is 1. The van der Waals surface area contributed by atoms with Gasteiger partial charge >= 0.3 is 17.9 Å². The van der Waals surface area contributed by atoms with E-state index in [-0.39, 0.29) is 11.4 Å². The summed E-state index contributed by atoms with van der Waals surface area (Å²) in [6, 6.07) is 13.8. The first-order chi connectivity index (χ1) is 18.4. The Morgan fingerprint density at radius 2 is 1.74 bits per heavy atom. The minimum atomic E-state index is -4.76. The third-order valence-electron chi connectivity index (χ3n) is 5.50. The van der Waals surface area contributed by atoms with Gasteiger partial charge in [-0.2, -0.15) is 13.2 Å². The predicted octanol–water partition coefficient (Wildman–Crippen LogP) is 5.25. The van der Waals surface area contributed by atoms with Crippen LogP contribution in [0.15, 0.2) is 72.4 Å². The lowest BCUT2D eigenvalue weighted by atomic mass is 10.1. The second-order valence-corrected chi connectivity index (χ2v) is 8.40. The molecule has 0 atom stereocenters. The van der Waals surface area contributed by atoms with Crippen molar-refractivity contribution in [3.05, 3.63) is 99.2 Å². The van der Waals surface area contributed by atoms with Crippen LogP contribution in [0.25, 0.3) is 6.08 Å². The van der Waals surface area contributed by atoms with Crippen LogP contribution in [0.4, 0.5) is 29.3 Å². The Morgan fingerprint density at radius 3 is 2.36 bits per heavy atom. The number of nitrogens with one attached hydrogen (secondary N) is 2. The Balaban J connectivity index is 1.43. The smallest absolute Gasteiger partial charge is 0.416 e. The number of nitro groups is 1. The molecule has 0 aliphatic carbocycles. The van der Waals surface area contributed by atoms with Crippen molar-refractivity contribution in [3.63, 3.8) is 0 Å². The van der Waals surface area contributed by atoms with Crippen molar-refractivity contribution in [1.82, 2.24) is 10.2 Å². The van der Waals surface area contributed by atoms with Gasteiger partial charge in [-0.25, -0.2) is 9.69 Å². The molecule has 1 aliphatic rings. The fourth-order valence-corrected chi connectivity index (χ4v) is 3.54. The Kier molecular flexibility index (Phi) is 7.33. The number of hydrogen-bond donors (Lipinski definition) is 2. The van der Waals surface area contributed by atoms with Gasteiger partial charge < -0.3 is 15.4 Å². The van der Waals surface area contributed by atoms with Gasteiger partial charge in [0.25, 0.3) is 5.91 Å². The van der Waals surface area contributed by atoms with Crippen LogP contribution in [0.1, 0.15) is 16.7 Å². The molecule has 13 heteroatoms. The summed E-state index contributed by atoms with van der Waals surface area (Å²) in [6.07, 6.45) is -3.41. The Morgan fingerprint density at radius 1 is 1.08 bits per heavy atom. The molecule has 39 heavy (non-hydrogen) atoms. The van der Waals surface area contributed by atoms with Crippen LogP contribution in [0.5, 0.6) is 11.5 Å². The van der Waals surface area contributed by atoms with E-state index in [4.69, 9.17) is 4.74 Å². The number of halogens is 3. The molecule has 4 amide bonds. The fraction of sp³-hybridized carbons (Fsp3) is 0.115. The standard InChI is InChI=1S/C26H19F3N4O6/c1-15-2-7-18(8-3-15)30-23(34)14-32-24(35)20(31-25(32)36)12-16-4-9-19(10-5-16)39-22-11-6-17(26(27,28)29)13-21(22)33(37)38/h2-13H,14H2,1H3,(H,30,34)(H,31,36)/b20-12-. The zero-order valence-corrected chi connectivity index (χ0v) is 20.1. The number of carbonyl (C=O) groups excluding carboxylic acids is 3. The number of rotatable bonds is 7. The molecule has 0 radical (unpaired) electrons. The number of carbonyl (C=O) groups is 3. The monoisotopic (exact) mass is 540 g/mol. The van der Waals surface area contributed by atoms with Crippen molar-refractivity contribution in [1.29, 1.82) is 0 Å². The number of imide groups is 1. The number of nitro benzene ring substituents is 1. The molecular weight excluding hydrogens is 521 g/mol. The molecule has 1 saturated heterocycles. The number of benzene rings is 3. The summed E-state index contributed by atoms with van der Waals surface area (Å²) in [7, 11) is 0. The summed E-state index contributed by atoms with van der Waals surface area (Å²) in [6.45, 7) is 1.38. The fourth-order valence-electron chi connectivity index (χ4n) is 3.54. The van der Waals surface area contributed by atoms with Crippen LogP contribution in [-0.4, -0.2) is 34.2 Å². The number of aryl methyl sites for hydroxylation is 1. The third kappa shape index (κ3) is 6.39. The molecule has 0 aromatic heterocycles. The van der Waals surface area contributed by atoms with Gasteiger partial charge in [0, 0.05) is 11.8 Å². The number of amides is 4. The number of anilines is 1. The van der Waals surface area contributed by atoms with Crippen molar-refractivity contribution in [2.75, 3.05) is 11.9 Å². The van der Waals surface area contributed by atoms with Crippen molar-refractivity contribution in [2.45, 2.75) is 13.1 Å². The zero-order valence-electron chi connectivity index (χ0n) is 20.1. The topological polar surface area (TPSA) is 131 Å². The van der Waals surface area contributed by atoms with Crippen molar-refractivity contribution >= 4 is 35.3 Å². The van der Waals surface area contributed by atoms with Crippen LogP contribution in [0, 0.1) is 17.0 Å². The van der Waals surface area contributed by atoms with E-state index in [0.29, 0.717) is 23.4 Å². The van der Waals surface area contributed by atoms with E-state index < -0.39 is 52.5 Å². The summed E-state index contributed by atoms with van der Waals surface area (Å²) < 4.78 is 44.1. The minimum absolute atomic E-state index is 0.0798. The average molecular weight is 540 g/mol. The van der Waals surface area contributed by atoms with Crippen LogP contribution in [0.3, 0.4) is 0 Å². The van der Waals surface area contributed by atoms with E-state index in [0.717, 1.165) is 16.5 Å². The summed E-state index contributed by atoms with van der Waals surface area (Å²) in [5.41, 5.74) is -0.195. The Hall–Kier alpha value is -5.20. The summed E-state index contributed by atoms with van der Waals surface area (Å²) in [4.78, 5) is 48.3. The SMILES string of the molecule is Cc1ccc(NC(=O)CN2C(=O)N/C(=C\c3ccc(Oc4ccc(C(F)(F)F)cc4[N+](=O)[O-])cc3)C2=O)cc1. The Bertz CT molecular complexity index is 1490. The lowest BCUT2D eigenvalue weighted by Crippen LogP contribution is -2.38. The van der Waals surface area contributed by atoms with Gasteiger partial charge in [-0.05, 0) is 55.0 Å². The van der Waals surface area contributed by atoms with Crippen LogP contribution in [-0.2, 0) is 15.8 Å². The first-order valence-electron chi connectivity index (χ1n) is 11.3. The zero-order chi connectivity index (χ0) is 28.3. The Labute approximate surface area is 218 Å². The largest absolute Gasteiger partial charge is 0.450 e. The van der Waals surface area contributed by atoms with Gasteiger partial charge in [-0.3, -0.25) is 19.7 Å². The second kappa shape index (κ2) is 10.7. The molecule has 1 aliphatic heterocycles. The number of urea groups is 1. The maximum atomic E-state index is 12.9.